The highest BCUT2D eigenvalue weighted by molar-refractivity contribution is 7.77. The number of fused-ring (bicyclic) bond motifs is 5. The molecule has 1 aliphatic carbocycles. The summed E-state index contributed by atoms with van der Waals surface area (Å²) in [6, 6.07) is 2.15. The number of benzene rings is 1. The van der Waals surface area contributed by atoms with Gasteiger partial charge in [-0.3, -0.25) is 23.7 Å². The number of likely N-dealkylation sites (tertiary alicyclic amines) is 1. The molecule has 17 nitrogen and oxygen atoms in total. The Morgan fingerprint density at radius 2 is 1.86 bits per heavy atom. The molecular weight excluding hydrogens is 797 g/mol. The number of hydrogen-bond donors (Lipinski definition) is 4. The Balaban J connectivity index is 1.41. The quantitative estimate of drug-likeness (QED) is 0.296. The first-order valence-corrected chi connectivity index (χ1v) is 21.0. The van der Waals surface area contributed by atoms with Gasteiger partial charge in [0, 0.05) is 37.8 Å². The summed E-state index contributed by atoms with van der Waals surface area (Å²) in [5.74, 6) is -4.48. The molecule has 2 aromatic rings. The number of alkyl halides is 2. The average molecular weight is 850 g/mol. The summed E-state index contributed by atoms with van der Waals surface area (Å²) in [7, 11) is 1.52. The van der Waals surface area contributed by atoms with Crippen LogP contribution in [0.3, 0.4) is 0 Å². The first-order chi connectivity index (χ1) is 27.9. The van der Waals surface area contributed by atoms with Gasteiger partial charge in [-0.25, -0.2) is 32.5 Å². The third kappa shape index (κ3) is 9.22. The third-order valence-electron chi connectivity index (χ3n) is 12.0. The Labute approximate surface area is 343 Å². The van der Waals surface area contributed by atoms with Gasteiger partial charge in [-0.2, -0.15) is 0 Å². The van der Waals surface area contributed by atoms with Crippen molar-refractivity contribution in [3.8, 4) is 11.6 Å². The minimum Gasteiger partial charge on any atom is -0.497 e. The number of nitrogens with one attached hydrogen (secondary N) is 3. The highest BCUT2D eigenvalue weighted by Crippen LogP contribution is 2.48. The van der Waals surface area contributed by atoms with E-state index < -0.39 is 95.0 Å². The van der Waals surface area contributed by atoms with E-state index in [1.807, 2.05) is 0 Å². The number of amides is 5. The monoisotopic (exact) mass is 849 g/mol. The van der Waals surface area contributed by atoms with Gasteiger partial charge in [0.2, 0.25) is 23.6 Å². The van der Waals surface area contributed by atoms with Crippen LogP contribution in [0.1, 0.15) is 78.8 Å². The minimum absolute atomic E-state index is 0.147. The molecule has 0 spiro atoms. The van der Waals surface area contributed by atoms with Crippen LogP contribution in [-0.4, -0.2) is 127 Å². The molecule has 2 saturated heterocycles. The number of alkyl carbamates (subject to hydrolysis) is 1. The van der Waals surface area contributed by atoms with E-state index in [0.29, 0.717) is 61.1 Å². The zero-order chi connectivity index (χ0) is 43.0. The molecule has 4 aliphatic rings. The van der Waals surface area contributed by atoms with Crippen LogP contribution in [0.5, 0.6) is 11.6 Å². The molecule has 2 bridgehead atoms. The van der Waals surface area contributed by atoms with Gasteiger partial charge in [0.15, 0.2) is 0 Å². The number of halogens is 2. The molecule has 3 unspecified atom stereocenters. The zero-order valence-electron chi connectivity index (χ0n) is 34.0. The van der Waals surface area contributed by atoms with Crippen molar-refractivity contribution in [2.45, 2.75) is 122 Å². The summed E-state index contributed by atoms with van der Waals surface area (Å²) in [5.41, 5.74) is -1.47. The maximum atomic E-state index is 14.9. The number of carbonyl (C=O) groups excluding carboxylic acids is 5. The maximum absolute atomic E-state index is 14.9. The lowest BCUT2D eigenvalue weighted by atomic mass is 9.85. The lowest BCUT2D eigenvalue weighted by Gasteiger charge is -2.36. The molecule has 0 radical (unpaired) electrons. The molecule has 5 amide bonds. The van der Waals surface area contributed by atoms with Crippen molar-refractivity contribution in [3.05, 3.63) is 23.9 Å². The highest BCUT2D eigenvalue weighted by Gasteiger charge is 2.66. The van der Waals surface area contributed by atoms with Crippen molar-refractivity contribution in [3.63, 3.8) is 0 Å². The van der Waals surface area contributed by atoms with Crippen LogP contribution in [0, 0.1) is 17.3 Å². The number of aromatic nitrogens is 2. The van der Waals surface area contributed by atoms with Crippen molar-refractivity contribution in [2.24, 2.45) is 17.3 Å². The fraction of sp³-hybridized carbons (Fsp3) is 0.667. The summed E-state index contributed by atoms with van der Waals surface area (Å²) >= 11 is -2.89. The smallest absolute Gasteiger partial charge is 0.408 e. The summed E-state index contributed by atoms with van der Waals surface area (Å²) < 4.78 is 69.0. The molecule has 1 aromatic carbocycles. The minimum atomic E-state index is -2.89. The molecule has 3 aliphatic heterocycles. The fourth-order valence-electron chi connectivity index (χ4n) is 8.67. The van der Waals surface area contributed by atoms with E-state index in [0.717, 1.165) is 6.42 Å². The standard InChI is InChI=1S/C39H53F2N7O10S/c1-20-30-19-48(31(20)33(50)45-39(36(52)46-59(54)55)17-23(39)24(41)18-40)35(51)32(38(3,4)5)44-37(53)58-29-14-15-47(21(2)49)28(29)11-9-7-8-10-26-34(57-30)43-27-16-22(56-6)12-13-25(27)42-26/h12-13,16,20,23-24,28-32H,7-11,14-15,17-19H2,1-6H3,(H,44,53)(H,45,50)(H,46,52)(H,54,55)/t20-,23+,24?,28?,29-,30+,31+,32-,39-/m1/s1. The van der Waals surface area contributed by atoms with Crippen LogP contribution >= 0.6 is 0 Å². The van der Waals surface area contributed by atoms with E-state index in [9.17, 15) is 41.5 Å². The number of ether oxygens (including phenoxy) is 3. The fourth-order valence-corrected chi connectivity index (χ4v) is 9.02. The van der Waals surface area contributed by atoms with Crippen LogP contribution in [-0.2, 0) is 41.6 Å². The summed E-state index contributed by atoms with van der Waals surface area (Å²) in [5, 5.41) is 5.23. The molecule has 1 aromatic heterocycles. The number of aryl methyl sites for hydroxylation is 1. The van der Waals surface area contributed by atoms with Crippen LogP contribution < -0.4 is 24.8 Å². The van der Waals surface area contributed by atoms with Crippen LogP contribution in [0.2, 0.25) is 0 Å². The van der Waals surface area contributed by atoms with Gasteiger partial charge in [-0.05, 0) is 43.2 Å². The van der Waals surface area contributed by atoms with E-state index >= 15 is 0 Å². The lowest BCUT2D eigenvalue weighted by molar-refractivity contribution is -0.143. The topological polar surface area (TPSA) is 219 Å². The van der Waals surface area contributed by atoms with E-state index in [-0.39, 0.29) is 30.8 Å². The second-order valence-corrected chi connectivity index (χ2v) is 17.7. The first kappa shape index (κ1) is 43.8. The first-order valence-electron chi connectivity index (χ1n) is 19.9. The summed E-state index contributed by atoms with van der Waals surface area (Å²) in [6.45, 7) is 6.98. The van der Waals surface area contributed by atoms with E-state index in [4.69, 9.17) is 24.2 Å². The Morgan fingerprint density at radius 3 is 2.53 bits per heavy atom. The van der Waals surface area contributed by atoms with E-state index in [1.54, 1.807) is 55.5 Å². The summed E-state index contributed by atoms with van der Waals surface area (Å²) in [6.07, 6.45) is -1.47. The average Bonchev–Trinajstić information content (AvgIpc) is 3.62. The van der Waals surface area contributed by atoms with Gasteiger partial charge in [0.05, 0.1) is 30.7 Å². The van der Waals surface area contributed by atoms with Gasteiger partial charge in [-0.15, -0.1) is 0 Å². The van der Waals surface area contributed by atoms with E-state index in [2.05, 4.69) is 10.6 Å². The lowest BCUT2D eigenvalue weighted by Crippen LogP contribution is -2.61. The Hall–Kier alpha value is -4.72. The maximum Gasteiger partial charge on any atom is 0.408 e. The van der Waals surface area contributed by atoms with Crippen molar-refractivity contribution in [2.75, 3.05) is 26.9 Å². The molecule has 1 saturated carbocycles. The van der Waals surface area contributed by atoms with Gasteiger partial charge in [-0.1, -0.05) is 40.5 Å². The molecule has 6 rings (SSSR count). The Bertz CT molecular complexity index is 1990. The van der Waals surface area contributed by atoms with Crippen molar-refractivity contribution < 1.29 is 55.7 Å². The van der Waals surface area contributed by atoms with Crippen LogP contribution in [0.25, 0.3) is 11.0 Å². The van der Waals surface area contributed by atoms with Gasteiger partial charge >= 0.3 is 6.09 Å². The zero-order valence-corrected chi connectivity index (χ0v) is 34.8. The molecule has 20 heteroatoms. The highest BCUT2D eigenvalue weighted by atomic mass is 32.2. The molecule has 3 fully saturated rings. The number of methoxy groups -OCH3 is 1. The van der Waals surface area contributed by atoms with Crippen molar-refractivity contribution >= 4 is 52.0 Å². The number of hydrogen-bond acceptors (Lipinski definition) is 11. The Morgan fingerprint density at radius 1 is 1.12 bits per heavy atom. The number of nitrogens with zero attached hydrogens (tertiary/aromatic N) is 4. The molecule has 10 atom stereocenters. The molecule has 59 heavy (non-hydrogen) atoms. The van der Waals surface area contributed by atoms with Crippen LogP contribution in [0.15, 0.2) is 18.2 Å². The SMILES string of the molecule is COc1ccc2nc3c(nc2c1)O[C@H]1CN(C(=O)[C@H](C(C)(C)C)NC(=O)O[C@@H]2CCN(C(C)=O)C2CCCCC3)[C@H](C(=O)N[C@]2(C(=O)NS(=O)O)C[C@H]2C(F)CF)[C@@H]1C. The van der Waals surface area contributed by atoms with Crippen LogP contribution in [0.4, 0.5) is 13.6 Å². The molecular formula is C39H53F2N7O10S. The number of rotatable bonds is 7. The second kappa shape index (κ2) is 17.5. The third-order valence-corrected chi connectivity index (χ3v) is 12.3. The van der Waals surface area contributed by atoms with Crippen molar-refractivity contribution in [1.29, 1.82) is 0 Å². The van der Waals surface area contributed by atoms with Gasteiger partial charge < -0.3 is 34.6 Å². The normalized spacial score (nSPS) is 30.0. The Kier molecular flexibility index (Phi) is 13.0. The predicted molar refractivity (Wildman–Crippen MR) is 209 cm³/mol. The van der Waals surface area contributed by atoms with E-state index in [1.165, 1.54) is 18.9 Å². The molecule has 4 N–H and O–H groups in total. The van der Waals surface area contributed by atoms with Crippen molar-refractivity contribution in [1.82, 2.24) is 35.1 Å². The molecule has 324 valence electrons. The molecule has 4 heterocycles. The predicted octanol–water partition coefficient (Wildman–Crippen LogP) is 2.91. The van der Waals surface area contributed by atoms with Gasteiger partial charge in [0.25, 0.3) is 17.2 Å². The summed E-state index contributed by atoms with van der Waals surface area (Å²) in [4.78, 5) is 81.5. The number of carbonyl (C=O) groups is 5. The van der Waals surface area contributed by atoms with Gasteiger partial charge in [0.1, 0.15) is 54.1 Å². The largest absolute Gasteiger partial charge is 0.497 e. The second-order valence-electron chi connectivity index (χ2n) is 17.0.